The third-order valence-electron chi connectivity index (χ3n) is 2.49. The molecular formula is C13H16BrN3. The molecule has 0 aliphatic heterocycles. The monoisotopic (exact) mass is 293 g/mol. The lowest BCUT2D eigenvalue weighted by Crippen LogP contribution is -2.03. The molecule has 1 aromatic heterocycles. The molecule has 0 saturated heterocycles. The Kier molecular flexibility index (Phi) is 3.52. The zero-order valence-corrected chi connectivity index (χ0v) is 11.6. The smallest absolute Gasteiger partial charge is 0.127 e. The van der Waals surface area contributed by atoms with Gasteiger partial charge in [0.1, 0.15) is 5.82 Å². The van der Waals surface area contributed by atoms with Gasteiger partial charge in [-0.2, -0.15) is 5.10 Å². The predicted octanol–water partition coefficient (Wildman–Crippen LogP) is 3.42. The van der Waals surface area contributed by atoms with Crippen LogP contribution in [0.15, 0.2) is 34.8 Å². The largest absolute Gasteiger partial charge is 0.384 e. The summed E-state index contributed by atoms with van der Waals surface area (Å²) in [7, 11) is 0. The first-order valence-electron chi connectivity index (χ1n) is 5.67. The number of nitrogens with zero attached hydrogens (tertiary/aromatic N) is 2. The van der Waals surface area contributed by atoms with Gasteiger partial charge in [0.15, 0.2) is 0 Å². The summed E-state index contributed by atoms with van der Waals surface area (Å²) in [6, 6.07) is 9.87. The number of hydrogen-bond acceptors (Lipinski definition) is 2. The van der Waals surface area contributed by atoms with Crippen molar-refractivity contribution >= 4 is 21.7 Å². The van der Waals surface area contributed by atoms with E-state index in [0.717, 1.165) is 22.3 Å². The maximum absolute atomic E-state index is 6.00. The van der Waals surface area contributed by atoms with Gasteiger partial charge >= 0.3 is 0 Å². The standard InChI is InChI=1S/C13H16BrN3/c1-9(2)7-10-8-13(15)17(16-10)12-6-4-3-5-11(12)14/h3-6,8-9H,7,15H2,1-2H3. The third kappa shape index (κ3) is 2.69. The van der Waals surface area contributed by atoms with Crippen molar-refractivity contribution in [2.75, 3.05) is 5.73 Å². The molecule has 0 aliphatic rings. The van der Waals surface area contributed by atoms with E-state index in [0.29, 0.717) is 11.7 Å². The third-order valence-corrected chi connectivity index (χ3v) is 3.16. The number of hydrogen-bond donors (Lipinski definition) is 1. The van der Waals surface area contributed by atoms with Gasteiger partial charge in [0, 0.05) is 10.5 Å². The van der Waals surface area contributed by atoms with Gasteiger partial charge in [-0.3, -0.25) is 0 Å². The van der Waals surface area contributed by atoms with Gasteiger partial charge in [-0.25, -0.2) is 4.68 Å². The van der Waals surface area contributed by atoms with Crippen LogP contribution in [-0.4, -0.2) is 9.78 Å². The van der Waals surface area contributed by atoms with Gasteiger partial charge in [0.05, 0.1) is 11.4 Å². The summed E-state index contributed by atoms with van der Waals surface area (Å²) in [6.07, 6.45) is 0.946. The second-order valence-electron chi connectivity index (χ2n) is 4.52. The van der Waals surface area contributed by atoms with Crippen molar-refractivity contribution < 1.29 is 0 Å². The number of aromatic nitrogens is 2. The highest BCUT2D eigenvalue weighted by Crippen LogP contribution is 2.23. The zero-order valence-electron chi connectivity index (χ0n) is 10.0. The summed E-state index contributed by atoms with van der Waals surface area (Å²) >= 11 is 3.51. The van der Waals surface area contributed by atoms with E-state index in [1.165, 1.54) is 0 Å². The van der Waals surface area contributed by atoms with Crippen LogP contribution in [0.25, 0.3) is 5.69 Å². The predicted molar refractivity (Wildman–Crippen MR) is 74.2 cm³/mol. The highest BCUT2D eigenvalue weighted by atomic mass is 79.9. The fourth-order valence-electron chi connectivity index (χ4n) is 1.78. The molecule has 0 atom stereocenters. The number of para-hydroxylation sites is 1. The van der Waals surface area contributed by atoms with Crippen molar-refractivity contribution in [3.05, 3.63) is 40.5 Å². The van der Waals surface area contributed by atoms with Crippen LogP contribution >= 0.6 is 15.9 Å². The van der Waals surface area contributed by atoms with Crippen molar-refractivity contribution in [1.29, 1.82) is 0 Å². The fraction of sp³-hybridized carbons (Fsp3) is 0.308. The number of rotatable bonds is 3. The number of nitrogens with two attached hydrogens (primary N) is 1. The molecule has 2 aromatic rings. The molecule has 0 fully saturated rings. The molecular weight excluding hydrogens is 278 g/mol. The molecule has 0 amide bonds. The van der Waals surface area contributed by atoms with Crippen molar-refractivity contribution in [1.82, 2.24) is 9.78 Å². The Hall–Kier alpha value is -1.29. The Labute approximate surface area is 110 Å². The summed E-state index contributed by atoms with van der Waals surface area (Å²) in [6.45, 7) is 4.35. The van der Waals surface area contributed by atoms with Gasteiger partial charge < -0.3 is 5.73 Å². The van der Waals surface area contributed by atoms with Crippen molar-refractivity contribution in [3.63, 3.8) is 0 Å². The zero-order chi connectivity index (χ0) is 12.4. The molecule has 2 rings (SSSR count). The van der Waals surface area contributed by atoms with E-state index in [9.17, 15) is 0 Å². The number of benzene rings is 1. The van der Waals surface area contributed by atoms with E-state index in [1.54, 1.807) is 4.68 Å². The highest BCUT2D eigenvalue weighted by Gasteiger charge is 2.10. The van der Waals surface area contributed by atoms with Crippen LogP contribution in [0.1, 0.15) is 19.5 Å². The summed E-state index contributed by atoms with van der Waals surface area (Å²) in [4.78, 5) is 0. The van der Waals surface area contributed by atoms with Crippen molar-refractivity contribution in [3.8, 4) is 5.69 Å². The lowest BCUT2D eigenvalue weighted by molar-refractivity contribution is 0.628. The van der Waals surface area contributed by atoms with Crippen LogP contribution in [-0.2, 0) is 6.42 Å². The van der Waals surface area contributed by atoms with E-state index < -0.39 is 0 Å². The van der Waals surface area contributed by atoms with Gasteiger partial charge in [0.25, 0.3) is 0 Å². The van der Waals surface area contributed by atoms with E-state index in [4.69, 9.17) is 5.73 Å². The number of nitrogen functional groups attached to an aromatic ring is 1. The summed E-state index contributed by atoms with van der Waals surface area (Å²) in [5.41, 5.74) is 8.01. The second-order valence-corrected chi connectivity index (χ2v) is 5.38. The first-order valence-corrected chi connectivity index (χ1v) is 6.46. The summed E-state index contributed by atoms with van der Waals surface area (Å²) in [5, 5.41) is 4.54. The molecule has 90 valence electrons. The van der Waals surface area contributed by atoms with Crippen LogP contribution in [0.5, 0.6) is 0 Å². The van der Waals surface area contributed by atoms with E-state index in [-0.39, 0.29) is 0 Å². The van der Waals surface area contributed by atoms with E-state index in [1.807, 2.05) is 30.3 Å². The maximum atomic E-state index is 6.00. The minimum atomic E-state index is 0.581. The summed E-state index contributed by atoms with van der Waals surface area (Å²) < 4.78 is 2.77. The van der Waals surface area contributed by atoms with Crippen LogP contribution < -0.4 is 5.73 Å². The highest BCUT2D eigenvalue weighted by molar-refractivity contribution is 9.10. The van der Waals surface area contributed by atoms with E-state index >= 15 is 0 Å². The SMILES string of the molecule is CC(C)Cc1cc(N)n(-c2ccccc2Br)n1. The van der Waals surface area contributed by atoms with Crippen LogP contribution in [0, 0.1) is 5.92 Å². The Morgan fingerprint density at radius 2 is 2.06 bits per heavy atom. The maximum Gasteiger partial charge on any atom is 0.127 e. The Morgan fingerprint density at radius 1 is 1.35 bits per heavy atom. The molecule has 0 aliphatic carbocycles. The Bertz CT molecular complexity index is 517. The normalized spacial score (nSPS) is 11.1. The lowest BCUT2D eigenvalue weighted by Gasteiger charge is -2.06. The molecule has 3 nitrogen and oxygen atoms in total. The van der Waals surface area contributed by atoms with Crippen LogP contribution in [0.2, 0.25) is 0 Å². The van der Waals surface area contributed by atoms with Gasteiger partial charge in [0.2, 0.25) is 0 Å². The minimum absolute atomic E-state index is 0.581. The quantitative estimate of drug-likeness (QED) is 0.942. The second kappa shape index (κ2) is 4.92. The topological polar surface area (TPSA) is 43.8 Å². The van der Waals surface area contributed by atoms with Gasteiger partial charge in [-0.1, -0.05) is 26.0 Å². The molecule has 1 heterocycles. The molecule has 0 bridgehead atoms. The Balaban J connectivity index is 2.40. The molecule has 17 heavy (non-hydrogen) atoms. The lowest BCUT2D eigenvalue weighted by atomic mass is 10.1. The number of anilines is 1. The molecule has 0 spiro atoms. The van der Waals surface area contributed by atoms with E-state index in [2.05, 4.69) is 34.9 Å². The Morgan fingerprint density at radius 3 is 2.71 bits per heavy atom. The van der Waals surface area contributed by atoms with Crippen molar-refractivity contribution in [2.45, 2.75) is 20.3 Å². The minimum Gasteiger partial charge on any atom is -0.384 e. The van der Waals surface area contributed by atoms with Gasteiger partial charge in [-0.15, -0.1) is 0 Å². The first-order chi connectivity index (χ1) is 8.08. The van der Waals surface area contributed by atoms with Gasteiger partial charge in [-0.05, 0) is 40.4 Å². The molecule has 0 saturated carbocycles. The molecule has 0 unspecified atom stereocenters. The average Bonchev–Trinajstić information content (AvgIpc) is 2.59. The van der Waals surface area contributed by atoms with Crippen LogP contribution in [0.4, 0.5) is 5.82 Å². The summed E-state index contributed by atoms with van der Waals surface area (Å²) in [5.74, 6) is 1.25. The molecule has 2 N–H and O–H groups in total. The number of halogens is 1. The molecule has 4 heteroatoms. The average molecular weight is 294 g/mol. The first kappa shape index (κ1) is 12.2. The molecule has 1 aromatic carbocycles. The fourth-order valence-corrected chi connectivity index (χ4v) is 2.23. The molecule has 0 radical (unpaired) electrons. The van der Waals surface area contributed by atoms with Crippen molar-refractivity contribution in [2.24, 2.45) is 5.92 Å². The van der Waals surface area contributed by atoms with Crippen LogP contribution in [0.3, 0.4) is 0 Å².